The summed E-state index contributed by atoms with van der Waals surface area (Å²) in [5.74, 6) is 1.10. The molecule has 0 saturated heterocycles. The molecule has 36 heavy (non-hydrogen) atoms. The van der Waals surface area contributed by atoms with Crippen LogP contribution in [0, 0.1) is 25.2 Å². The number of anilines is 1. The van der Waals surface area contributed by atoms with Crippen LogP contribution in [0.15, 0.2) is 35.9 Å². The number of nitriles is 1. The predicted molar refractivity (Wildman–Crippen MR) is 141 cm³/mol. The van der Waals surface area contributed by atoms with E-state index in [1.54, 1.807) is 12.1 Å². The van der Waals surface area contributed by atoms with Crippen molar-refractivity contribution in [2.24, 2.45) is 0 Å². The Labute approximate surface area is 219 Å². The van der Waals surface area contributed by atoms with Gasteiger partial charge in [0, 0.05) is 5.92 Å². The summed E-state index contributed by atoms with van der Waals surface area (Å²) in [6, 6.07) is 11.1. The molecule has 8 nitrogen and oxygen atoms in total. The van der Waals surface area contributed by atoms with Crippen molar-refractivity contribution in [2.45, 2.75) is 33.6 Å². The summed E-state index contributed by atoms with van der Waals surface area (Å²) in [4.78, 5) is 12.6. The average molecular weight is 527 g/mol. The van der Waals surface area contributed by atoms with Crippen LogP contribution >= 0.6 is 22.9 Å². The molecule has 0 fully saturated rings. The Bertz CT molecular complexity index is 1310. The van der Waals surface area contributed by atoms with Gasteiger partial charge in [-0.3, -0.25) is 10.1 Å². The number of benzene rings is 2. The zero-order valence-corrected chi connectivity index (χ0v) is 22.3. The van der Waals surface area contributed by atoms with E-state index in [9.17, 15) is 10.1 Å². The van der Waals surface area contributed by atoms with E-state index >= 15 is 0 Å². The molecule has 0 unspecified atom stereocenters. The van der Waals surface area contributed by atoms with Crippen LogP contribution in [0.2, 0.25) is 5.02 Å². The van der Waals surface area contributed by atoms with Gasteiger partial charge in [0.05, 0.1) is 12.1 Å². The van der Waals surface area contributed by atoms with Gasteiger partial charge in [0.15, 0.2) is 11.5 Å². The summed E-state index contributed by atoms with van der Waals surface area (Å²) in [7, 11) is 1.48. The van der Waals surface area contributed by atoms with E-state index in [0.717, 1.165) is 21.9 Å². The van der Waals surface area contributed by atoms with Crippen molar-refractivity contribution in [1.29, 1.82) is 5.26 Å². The fourth-order valence-electron chi connectivity index (χ4n) is 3.12. The fraction of sp³-hybridized carbons (Fsp3) is 0.308. The van der Waals surface area contributed by atoms with Gasteiger partial charge in [-0.1, -0.05) is 48.9 Å². The molecule has 3 rings (SSSR count). The molecule has 0 aliphatic heterocycles. The van der Waals surface area contributed by atoms with Gasteiger partial charge >= 0.3 is 0 Å². The molecule has 1 amide bonds. The molecule has 3 aromatic rings. The van der Waals surface area contributed by atoms with Gasteiger partial charge in [0.2, 0.25) is 5.13 Å². The predicted octanol–water partition coefficient (Wildman–Crippen LogP) is 5.94. The molecule has 0 atom stereocenters. The van der Waals surface area contributed by atoms with E-state index in [4.69, 9.17) is 25.8 Å². The maximum absolute atomic E-state index is 12.6. The monoisotopic (exact) mass is 526 g/mol. The van der Waals surface area contributed by atoms with Gasteiger partial charge in [-0.15, -0.1) is 10.2 Å². The third kappa shape index (κ3) is 6.97. The van der Waals surface area contributed by atoms with Crippen LogP contribution in [0.3, 0.4) is 0 Å². The summed E-state index contributed by atoms with van der Waals surface area (Å²) in [6.45, 7) is 8.50. The topological polar surface area (TPSA) is 106 Å². The zero-order chi connectivity index (χ0) is 26.2. The van der Waals surface area contributed by atoms with E-state index in [1.807, 2.05) is 52.0 Å². The maximum Gasteiger partial charge on any atom is 0.268 e. The molecule has 0 radical (unpaired) electrons. The molecule has 188 valence electrons. The molecule has 0 aliphatic rings. The normalized spacial score (nSPS) is 11.2. The first-order valence-corrected chi connectivity index (χ1v) is 12.4. The van der Waals surface area contributed by atoms with Crippen LogP contribution in [0.25, 0.3) is 6.08 Å². The van der Waals surface area contributed by atoms with Crippen LogP contribution < -0.4 is 19.5 Å². The second-order valence-corrected chi connectivity index (χ2v) is 9.64. The van der Waals surface area contributed by atoms with E-state index in [1.165, 1.54) is 24.5 Å². The van der Waals surface area contributed by atoms with E-state index in [-0.39, 0.29) is 23.1 Å². The lowest BCUT2D eigenvalue weighted by Gasteiger charge is -2.15. The number of halogens is 1. The van der Waals surface area contributed by atoms with Crippen molar-refractivity contribution in [3.05, 3.63) is 62.6 Å². The molecule has 1 heterocycles. The van der Waals surface area contributed by atoms with Gasteiger partial charge in [-0.2, -0.15) is 5.26 Å². The first kappa shape index (κ1) is 27.0. The van der Waals surface area contributed by atoms with E-state index in [2.05, 4.69) is 15.5 Å². The van der Waals surface area contributed by atoms with Crippen molar-refractivity contribution in [1.82, 2.24) is 10.2 Å². The SMILES string of the molecule is COc1cc(C=C(C#N)C(=O)Nc2nnc(C(C)C)s2)cc(Cl)c1OCCOc1cc(C)ccc1C. The van der Waals surface area contributed by atoms with Gasteiger partial charge in [-0.25, -0.2) is 0 Å². The van der Waals surface area contributed by atoms with Gasteiger partial charge < -0.3 is 14.2 Å². The fourth-order valence-corrected chi connectivity index (χ4v) is 4.13. The summed E-state index contributed by atoms with van der Waals surface area (Å²) in [5, 5.41) is 21.5. The standard InChI is InChI=1S/C26H27ClN4O4S/c1-15(2)25-30-31-26(36-25)29-24(32)19(14-28)11-18-12-20(27)23(22(13-18)33-5)35-9-8-34-21-10-16(3)6-7-17(21)4/h6-7,10-13,15H,8-9H2,1-5H3,(H,29,31,32). The van der Waals surface area contributed by atoms with Crippen molar-refractivity contribution in [2.75, 3.05) is 25.6 Å². The number of amides is 1. The Morgan fingerprint density at radius 2 is 1.92 bits per heavy atom. The summed E-state index contributed by atoms with van der Waals surface area (Å²) in [5.41, 5.74) is 2.53. The smallest absolute Gasteiger partial charge is 0.268 e. The minimum absolute atomic E-state index is 0.120. The Kier molecular flexibility index (Phi) is 9.28. The second-order valence-electron chi connectivity index (χ2n) is 8.22. The molecule has 10 heteroatoms. The second kappa shape index (κ2) is 12.4. The number of aryl methyl sites for hydroxylation is 2. The number of aromatic nitrogens is 2. The largest absolute Gasteiger partial charge is 0.493 e. The van der Waals surface area contributed by atoms with Crippen molar-refractivity contribution >= 4 is 40.1 Å². The Morgan fingerprint density at radius 3 is 2.58 bits per heavy atom. The number of ether oxygens (including phenoxy) is 3. The molecule has 0 aliphatic carbocycles. The van der Waals surface area contributed by atoms with Crippen LogP contribution in [-0.4, -0.2) is 36.4 Å². The summed E-state index contributed by atoms with van der Waals surface area (Å²) in [6.07, 6.45) is 1.42. The first-order valence-electron chi connectivity index (χ1n) is 11.2. The average Bonchev–Trinajstić information content (AvgIpc) is 3.31. The van der Waals surface area contributed by atoms with Gasteiger partial charge in [0.1, 0.15) is 35.6 Å². The Balaban J connectivity index is 1.69. The van der Waals surface area contributed by atoms with E-state index < -0.39 is 5.91 Å². The third-order valence-corrected chi connectivity index (χ3v) is 6.43. The third-order valence-electron chi connectivity index (χ3n) is 5.01. The molecule has 1 aromatic heterocycles. The number of hydrogen-bond donors (Lipinski definition) is 1. The summed E-state index contributed by atoms with van der Waals surface area (Å²) >= 11 is 7.71. The van der Waals surface area contributed by atoms with Crippen LogP contribution in [0.5, 0.6) is 17.2 Å². The Hall–Kier alpha value is -3.61. The highest BCUT2D eigenvalue weighted by molar-refractivity contribution is 7.15. The van der Waals surface area contributed by atoms with Crippen molar-refractivity contribution < 1.29 is 19.0 Å². The van der Waals surface area contributed by atoms with Crippen molar-refractivity contribution in [3.8, 4) is 23.3 Å². The zero-order valence-electron chi connectivity index (χ0n) is 20.7. The molecule has 0 saturated carbocycles. The number of nitrogens with one attached hydrogen (secondary N) is 1. The number of nitrogens with zero attached hydrogens (tertiary/aromatic N) is 3. The van der Waals surface area contributed by atoms with Crippen molar-refractivity contribution in [3.63, 3.8) is 0 Å². The molecular weight excluding hydrogens is 500 g/mol. The highest BCUT2D eigenvalue weighted by Gasteiger charge is 2.16. The summed E-state index contributed by atoms with van der Waals surface area (Å²) < 4.78 is 17.1. The van der Waals surface area contributed by atoms with Crippen LogP contribution in [-0.2, 0) is 4.79 Å². The minimum atomic E-state index is -0.594. The molecule has 1 N–H and O–H groups in total. The Morgan fingerprint density at radius 1 is 1.17 bits per heavy atom. The lowest BCUT2D eigenvalue weighted by molar-refractivity contribution is -0.112. The van der Waals surface area contributed by atoms with Crippen LogP contribution in [0.4, 0.5) is 5.13 Å². The van der Waals surface area contributed by atoms with E-state index in [0.29, 0.717) is 28.8 Å². The number of rotatable bonds is 10. The number of hydrogen-bond acceptors (Lipinski definition) is 8. The minimum Gasteiger partial charge on any atom is -0.493 e. The number of methoxy groups -OCH3 is 1. The van der Waals surface area contributed by atoms with Gasteiger partial charge in [-0.05, 0) is 54.8 Å². The first-order chi connectivity index (χ1) is 17.2. The highest BCUT2D eigenvalue weighted by atomic mass is 35.5. The van der Waals surface area contributed by atoms with Crippen LogP contribution in [0.1, 0.15) is 41.5 Å². The number of carbonyl (C=O) groups excluding carboxylic acids is 1. The quantitative estimate of drug-likeness (QED) is 0.198. The molecule has 2 aromatic carbocycles. The molecular formula is C26H27ClN4O4S. The molecule has 0 bridgehead atoms. The van der Waals surface area contributed by atoms with Gasteiger partial charge in [0.25, 0.3) is 5.91 Å². The molecule has 0 spiro atoms. The lowest BCUT2D eigenvalue weighted by Crippen LogP contribution is -2.13. The number of carbonyl (C=O) groups is 1. The highest BCUT2D eigenvalue weighted by Crippen LogP contribution is 2.37. The maximum atomic E-state index is 12.6. The lowest BCUT2D eigenvalue weighted by atomic mass is 10.1.